The van der Waals surface area contributed by atoms with E-state index in [-0.39, 0.29) is 0 Å². The Labute approximate surface area is 69.8 Å². The molecule has 0 aromatic heterocycles. The van der Waals surface area contributed by atoms with E-state index in [1.54, 1.807) is 0 Å². The van der Waals surface area contributed by atoms with Crippen LogP contribution in [-0.2, 0) is 0 Å². The molecule has 0 aromatic rings. The lowest BCUT2D eigenvalue weighted by Gasteiger charge is -2.37. The lowest BCUT2D eigenvalue weighted by atomic mass is 9.78. The average molecular weight is 156 g/mol. The summed E-state index contributed by atoms with van der Waals surface area (Å²) in [5, 5.41) is 0. The highest BCUT2D eigenvalue weighted by Gasteiger charge is 2.27. The van der Waals surface area contributed by atoms with Crippen molar-refractivity contribution in [3.8, 4) is 0 Å². The van der Waals surface area contributed by atoms with Crippen LogP contribution in [0.4, 0.5) is 0 Å². The minimum absolute atomic E-state index is 0.744. The first-order valence-corrected chi connectivity index (χ1v) is 4.62. The summed E-state index contributed by atoms with van der Waals surface area (Å²) in [6.45, 7) is 0.833. The van der Waals surface area contributed by atoms with Gasteiger partial charge in [0.2, 0.25) is 0 Å². The van der Waals surface area contributed by atoms with Gasteiger partial charge in [-0.15, -0.1) is 0 Å². The maximum Gasteiger partial charge on any atom is 0.0129 e. The summed E-state index contributed by atoms with van der Waals surface area (Å²) in [7, 11) is 4.33. The molecule has 0 amide bonds. The van der Waals surface area contributed by atoms with Crippen molar-refractivity contribution in [1.29, 1.82) is 0 Å². The highest BCUT2D eigenvalue weighted by molar-refractivity contribution is 4.82. The van der Waals surface area contributed by atoms with E-state index in [2.05, 4.69) is 19.0 Å². The maximum absolute atomic E-state index is 5.56. The summed E-state index contributed by atoms with van der Waals surface area (Å²) < 4.78 is 0. The van der Waals surface area contributed by atoms with Crippen molar-refractivity contribution in [3.63, 3.8) is 0 Å². The summed E-state index contributed by atoms with van der Waals surface area (Å²) >= 11 is 0. The zero-order chi connectivity index (χ0) is 8.27. The molecule has 0 spiro atoms. The molecule has 66 valence electrons. The molecule has 1 saturated carbocycles. The highest BCUT2D eigenvalue weighted by Crippen LogP contribution is 2.32. The van der Waals surface area contributed by atoms with Gasteiger partial charge >= 0.3 is 0 Å². The van der Waals surface area contributed by atoms with E-state index < -0.39 is 0 Å². The van der Waals surface area contributed by atoms with Gasteiger partial charge in [-0.25, -0.2) is 0 Å². The molecule has 0 heterocycles. The van der Waals surface area contributed by atoms with Crippen LogP contribution in [-0.4, -0.2) is 31.6 Å². The Morgan fingerprint density at radius 1 is 1.45 bits per heavy atom. The van der Waals surface area contributed by atoms with Crippen molar-refractivity contribution in [2.24, 2.45) is 11.7 Å². The molecule has 0 radical (unpaired) electrons. The minimum atomic E-state index is 0.744. The fourth-order valence-corrected chi connectivity index (χ4v) is 1.91. The van der Waals surface area contributed by atoms with Gasteiger partial charge < -0.3 is 10.6 Å². The molecule has 1 aliphatic rings. The highest BCUT2D eigenvalue weighted by atomic mass is 15.1. The summed E-state index contributed by atoms with van der Waals surface area (Å²) in [5.41, 5.74) is 5.56. The largest absolute Gasteiger partial charge is 0.330 e. The van der Waals surface area contributed by atoms with Gasteiger partial charge in [0.15, 0.2) is 0 Å². The summed E-state index contributed by atoms with van der Waals surface area (Å²) in [5.74, 6) is 0.938. The third-order valence-corrected chi connectivity index (χ3v) is 2.82. The van der Waals surface area contributed by atoms with E-state index >= 15 is 0 Å². The summed E-state index contributed by atoms with van der Waals surface area (Å²) in [6.07, 6.45) is 5.43. The van der Waals surface area contributed by atoms with Crippen LogP contribution in [0.15, 0.2) is 0 Å². The van der Waals surface area contributed by atoms with Gasteiger partial charge in [0.25, 0.3) is 0 Å². The topological polar surface area (TPSA) is 29.3 Å². The van der Waals surface area contributed by atoms with Crippen LogP contribution in [0.25, 0.3) is 0 Å². The van der Waals surface area contributed by atoms with E-state index in [9.17, 15) is 0 Å². The number of hydrogen-bond acceptors (Lipinski definition) is 2. The molecule has 2 heteroatoms. The number of rotatable bonds is 4. The Balaban J connectivity index is 2.31. The molecular formula is C9H20N2. The summed E-state index contributed by atoms with van der Waals surface area (Å²) in [6, 6.07) is 0.744. The third kappa shape index (κ3) is 2.17. The smallest absolute Gasteiger partial charge is 0.0129 e. The Kier molecular flexibility index (Phi) is 3.34. The van der Waals surface area contributed by atoms with Gasteiger partial charge in [-0.2, -0.15) is 0 Å². The Morgan fingerprint density at radius 2 is 2.09 bits per heavy atom. The van der Waals surface area contributed by atoms with Gasteiger partial charge in [0.05, 0.1) is 0 Å². The predicted octanol–water partition coefficient (Wildman–Crippen LogP) is 1.07. The molecule has 2 N–H and O–H groups in total. The average Bonchev–Trinajstić information content (AvgIpc) is 1.82. The fourth-order valence-electron chi connectivity index (χ4n) is 1.91. The Morgan fingerprint density at radius 3 is 2.36 bits per heavy atom. The van der Waals surface area contributed by atoms with Crippen LogP contribution in [0.5, 0.6) is 0 Å². The van der Waals surface area contributed by atoms with Crippen LogP contribution in [0.1, 0.15) is 25.7 Å². The van der Waals surface area contributed by atoms with E-state index in [1.807, 2.05) is 0 Å². The molecule has 1 atom stereocenters. The molecular weight excluding hydrogens is 136 g/mol. The van der Waals surface area contributed by atoms with Crippen LogP contribution < -0.4 is 5.73 Å². The minimum Gasteiger partial charge on any atom is -0.330 e. The molecule has 2 nitrogen and oxygen atoms in total. The van der Waals surface area contributed by atoms with Gasteiger partial charge in [0, 0.05) is 6.04 Å². The third-order valence-electron chi connectivity index (χ3n) is 2.82. The van der Waals surface area contributed by atoms with Gasteiger partial charge in [-0.05, 0) is 45.8 Å². The zero-order valence-electron chi connectivity index (χ0n) is 7.71. The number of hydrogen-bond donors (Lipinski definition) is 1. The normalized spacial score (nSPS) is 21.8. The van der Waals surface area contributed by atoms with Crippen LogP contribution in [0, 0.1) is 5.92 Å². The predicted molar refractivity (Wildman–Crippen MR) is 48.5 cm³/mol. The quantitative estimate of drug-likeness (QED) is 0.659. The van der Waals surface area contributed by atoms with Crippen LogP contribution in [0.2, 0.25) is 0 Å². The van der Waals surface area contributed by atoms with Crippen molar-refractivity contribution in [1.82, 2.24) is 4.90 Å². The van der Waals surface area contributed by atoms with Gasteiger partial charge in [0.1, 0.15) is 0 Å². The Bertz CT molecular complexity index is 108. The summed E-state index contributed by atoms with van der Waals surface area (Å²) in [4.78, 5) is 2.33. The molecule has 1 fully saturated rings. The molecule has 11 heavy (non-hydrogen) atoms. The second-order valence-electron chi connectivity index (χ2n) is 3.80. The first-order valence-electron chi connectivity index (χ1n) is 4.62. The molecule has 0 saturated heterocycles. The van der Waals surface area contributed by atoms with E-state index in [0.717, 1.165) is 24.9 Å². The van der Waals surface area contributed by atoms with Gasteiger partial charge in [-0.3, -0.25) is 0 Å². The van der Waals surface area contributed by atoms with Crippen molar-refractivity contribution < 1.29 is 0 Å². The molecule has 1 rings (SSSR count). The zero-order valence-corrected chi connectivity index (χ0v) is 7.71. The first kappa shape index (κ1) is 9.01. The fraction of sp³-hybridized carbons (Fsp3) is 1.00. The second kappa shape index (κ2) is 4.07. The number of nitrogens with zero attached hydrogens (tertiary/aromatic N) is 1. The molecule has 0 bridgehead atoms. The van der Waals surface area contributed by atoms with Crippen molar-refractivity contribution in [2.75, 3.05) is 20.6 Å². The van der Waals surface area contributed by atoms with E-state index in [0.29, 0.717) is 0 Å². The second-order valence-corrected chi connectivity index (χ2v) is 3.80. The van der Waals surface area contributed by atoms with Crippen LogP contribution >= 0.6 is 0 Å². The van der Waals surface area contributed by atoms with Crippen molar-refractivity contribution in [3.05, 3.63) is 0 Å². The van der Waals surface area contributed by atoms with E-state index in [1.165, 1.54) is 19.3 Å². The SMILES string of the molecule is CN(C)C(CCN)C1CCC1. The standard InChI is InChI=1S/C9H20N2/c1-11(2)9(6-7-10)8-4-3-5-8/h8-9H,3-7,10H2,1-2H3. The van der Waals surface area contributed by atoms with E-state index in [4.69, 9.17) is 5.73 Å². The first-order chi connectivity index (χ1) is 5.25. The monoisotopic (exact) mass is 156 g/mol. The molecule has 1 unspecified atom stereocenters. The molecule has 0 aliphatic heterocycles. The number of nitrogens with two attached hydrogens (primary N) is 1. The lowest BCUT2D eigenvalue weighted by Crippen LogP contribution is -2.40. The van der Waals surface area contributed by atoms with Crippen molar-refractivity contribution >= 4 is 0 Å². The van der Waals surface area contributed by atoms with Crippen molar-refractivity contribution in [2.45, 2.75) is 31.7 Å². The van der Waals surface area contributed by atoms with Crippen LogP contribution in [0.3, 0.4) is 0 Å². The maximum atomic E-state index is 5.56. The Hall–Kier alpha value is -0.0800. The molecule has 1 aliphatic carbocycles. The molecule has 0 aromatic carbocycles. The lowest BCUT2D eigenvalue weighted by molar-refractivity contribution is 0.135. The van der Waals surface area contributed by atoms with Gasteiger partial charge in [-0.1, -0.05) is 6.42 Å².